The molecule has 11 heteroatoms. The minimum Gasteiger partial charge on any atom is -0.444 e. The molecule has 1 N–H and O–H groups in total. The minimum atomic E-state index is -0.511. The molecule has 0 spiro atoms. The van der Waals surface area contributed by atoms with Gasteiger partial charge in [-0.05, 0) is 90.3 Å². The smallest absolute Gasteiger partial charge is 0.410 e. The molecule has 6 rings (SSSR count). The first-order valence-electron chi connectivity index (χ1n) is 17.4. The average Bonchev–Trinajstić information content (AvgIpc) is 3.50. The first-order valence-corrected chi connectivity index (χ1v) is 17.4. The monoisotopic (exact) mass is 676 g/mol. The summed E-state index contributed by atoms with van der Waals surface area (Å²) in [6, 6.07) is 16.9. The molecule has 1 aromatic carbocycles. The van der Waals surface area contributed by atoms with Crippen LogP contribution in [0, 0.1) is 16.7 Å². The lowest BCUT2D eigenvalue weighted by Gasteiger charge is -2.40. The number of amides is 2. The Morgan fingerprint density at radius 2 is 1.52 bits per heavy atom. The number of benzene rings is 1. The lowest BCUT2D eigenvalue weighted by molar-refractivity contribution is -0.132. The molecule has 2 amide bonds. The Hall–Kier alpha value is -5.11. The number of aromatic nitrogens is 3. The van der Waals surface area contributed by atoms with Gasteiger partial charge in [0.25, 0.3) is 0 Å². The Kier molecular flexibility index (Phi) is 9.25. The highest BCUT2D eigenvalue weighted by Crippen LogP contribution is 2.36. The van der Waals surface area contributed by atoms with E-state index in [-0.39, 0.29) is 17.5 Å². The number of fused-ring (bicyclic) bond motifs is 1. The molecule has 2 fully saturated rings. The van der Waals surface area contributed by atoms with E-state index in [1.807, 2.05) is 60.0 Å². The zero-order valence-corrected chi connectivity index (χ0v) is 30.3. The van der Waals surface area contributed by atoms with Crippen LogP contribution in [0.25, 0.3) is 27.8 Å². The molecular weight excluding hydrogens is 628 g/mol. The quantitative estimate of drug-likeness (QED) is 0.254. The van der Waals surface area contributed by atoms with Crippen LogP contribution in [0.5, 0.6) is 0 Å². The SMILES string of the molecule is CC(C)(C)NC(=O)C1(C)CCN(c2ccc(-c3cc(-c4ccc(N5CCN(C(=O)OC(C)(C)C)CC5)cc4)cn4ncc(C#N)c34)cn2)CC1. The number of hydrogen-bond donors (Lipinski definition) is 1. The van der Waals surface area contributed by atoms with E-state index < -0.39 is 11.0 Å². The molecule has 0 atom stereocenters. The molecule has 0 radical (unpaired) electrons. The van der Waals surface area contributed by atoms with Gasteiger partial charge in [-0.1, -0.05) is 19.1 Å². The van der Waals surface area contributed by atoms with Gasteiger partial charge in [-0.3, -0.25) is 4.79 Å². The summed E-state index contributed by atoms with van der Waals surface area (Å²) in [5, 5.41) is 17.6. The zero-order valence-electron chi connectivity index (χ0n) is 30.3. The van der Waals surface area contributed by atoms with Gasteiger partial charge < -0.3 is 24.8 Å². The summed E-state index contributed by atoms with van der Waals surface area (Å²) in [5.41, 5.74) is 4.92. The maximum Gasteiger partial charge on any atom is 0.410 e. The number of carbonyl (C=O) groups excluding carboxylic acids is 2. The standard InChI is InChI=1S/C39H48N8O3/c1-37(2,3)43-35(48)39(7)14-16-45(17-15-39)33-13-10-28(24-41-33)32-22-29(26-47-34(32)30(23-40)25-42-47)27-8-11-31(12-9-27)44-18-20-46(21-19-44)36(49)50-38(4,5)6/h8-13,22,24-26H,14-21H2,1-7H3,(H,43,48). The number of piperazine rings is 1. The first-order chi connectivity index (χ1) is 23.6. The highest BCUT2D eigenvalue weighted by Gasteiger charge is 2.38. The number of nitriles is 1. The summed E-state index contributed by atoms with van der Waals surface area (Å²) in [5.74, 6) is 0.981. The highest BCUT2D eigenvalue weighted by molar-refractivity contribution is 5.88. The minimum absolute atomic E-state index is 0.110. The molecule has 11 nitrogen and oxygen atoms in total. The lowest BCUT2D eigenvalue weighted by atomic mass is 9.79. The number of pyridine rings is 2. The van der Waals surface area contributed by atoms with Crippen LogP contribution in [0.2, 0.25) is 0 Å². The van der Waals surface area contributed by atoms with Crippen LogP contribution in [-0.2, 0) is 9.53 Å². The summed E-state index contributed by atoms with van der Waals surface area (Å²) in [4.78, 5) is 36.7. The second kappa shape index (κ2) is 13.3. The van der Waals surface area contributed by atoms with Gasteiger partial charge in [-0.15, -0.1) is 0 Å². The second-order valence-corrected chi connectivity index (χ2v) is 15.8. The lowest BCUT2D eigenvalue weighted by Crippen LogP contribution is -2.52. The normalized spacial score (nSPS) is 16.6. The van der Waals surface area contributed by atoms with Crippen LogP contribution in [0.4, 0.5) is 16.3 Å². The second-order valence-electron chi connectivity index (χ2n) is 15.8. The molecule has 50 heavy (non-hydrogen) atoms. The van der Waals surface area contributed by atoms with Gasteiger partial charge in [0.1, 0.15) is 17.5 Å². The third-order valence-corrected chi connectivity index (χ3v) is 9.52. The number of anilines is 2. The number of nitrogens with one attached hydrogen (secondary N) is 1. The van der Waals surface area contributed by atoms with E-state index in [0.717, 1.165) is 78.3 Å². The summed E-state index contributed by atoms with van der Waals surface area (Å²) in [6.07, 6.45) is 6.66. The van der Waals surface area contributed by atoms with Gasteiger partial charge in [-0.2, -0.15) is 10.4 Å². The van der Waals surface area contributed by atoms with Crippen molar-refractivity contribution in [2.75, 3.05) is 49.1 Å². The van der Waals surface area contributed by atoms with E-state index in [0.29, 0.717) is 18.7 Å². The number of nitrogens with zero attached hydrogens (tertiary/aromatic N) is 7. The van der Waals surface area contributed by atoms with Crippen LogP contribution in [0.15, 0.2) is 61.1 Å². The molecule has 2 aliphatic rings. The van der Waals surface area contributed by atoms with Crippen LogP contribution in [0.3, 0.4) is 0 Å². The van der Waals surface area contributed by atoms with Gasteiger partial charge >= 0.3 is 6.09 Å². The maximum absolute atomic E-state index is 13.0. The van der Waals surface area contributed by atoms with Crippen LogP contribution < -0.4 is 15.1 Å². The van der Waals surface area contributed by atoms with Crippen molar-refractivity contribution in [3.63, 3.8) is 0 Å². The topological polar surface area (TPSA) is 119 Å². The fraction of sp³-hybridized carbons (Fsp3) is 0.462. The highest BCUT2D eigenvalue weighted by atomic mass is 16.6. The van der Waals surface area contributed by atoms with E-state index in [9.17, 15) is 14.9 Å². The van der Waals surface area contributed by atoms with E-state index in [4.69, 9.17) is 9.72 Å². The first kappa shape index (κ1) is 34.7. The molecule has 2 aliphatic heterocycles. The van der Waals surface area contributed by atoms with Gasteiger partial charge in [0.05, 0.1) is 17.3 Å². The van der Waals surface area contributed by atoms with Gasteiger partial charge in [-0.25, -0.2) is 14.3 Å². The van der Waals surface area contributed by atoms with E-state index in [1.165, 1.54) is 0 Å². The Bertz CT molecular complexity index is 1900. The van der Waals surface area contributed by atoms with E-state index >= 15 is 0 Å². The van der Waals surface area contributed by atoms with Crippen LogP contribution in [0.1, 0.15) is 66.9 Å². The Balaban J connectivity index is 1.18. The predicted octanol–water partition coefficient (Wildman–Crippen LogP) is 6.51. The number of hydrogen-bond acceptors (Lipinski definition) is 8. The van der Waals surface area contributed by atoms with Crippen molar-refractivity contribution in [2.45, 2.75) is 72.4 Å². The largest absolute Gasteiger partial charge is 0.444 e. The van der Waals surface area contributed by atoms with E-state index in [1.54, 1.807) is 15.6 Å². The van der Waals surface area contributed by atoms with Crippen molar-refractivity contribution in [1.82, 2.24) is 24.8 Å². The molecule has 262 valence electrons. The molecule has 4 aromatic rings. The maximum atomic E-state index is 13.0. The Morgan fingerprint density at radius 1 is 0.860 bits per heavy atom. The van der Waals surface area contributed by atoms with Crippen molar-refractivity contribution in [3.05, 3.63) is 66.6 Å². The van der Waals surface area contributed by atoms with Gasteiger partial charge in [0.15, 0.2) is 0 Å². The molecule has 0 aliphatic carbocycles. The number of ether oxygens (including phenoxy) is 1. The van der Waals surface area contributed by atoms with Gasteiger partial charge in [0, 0.05) is 85.0 Å². The summed E-state index contributed by atoms with van der Waals surface area (Å²) < 4.78 is 7.32. The molecule has 0 bridgehead atoms. The van der Waals surface area contributed by atoms with Crippen molar-refractivity contribution in [1.29, 1.82) is 5.26 Å². The third-order valence-electron chi connectivity index (χ3n) is 9.52. The van der Waals surface area contributed by atoms with Gasteiger partial charge in [0.2, 0.25) is 5.91 Å². The Morgan fingerprint density at radius 3 is 2.10 bits per heavy atom. The molecule has 3 aromatic heterocycles. The van der Waals surface area contributed by atoms with Crippen molar-refractivity contribution in [2.24, 2.45) is 5.41 Å². The molecule has 5 heterocycles. The fourth-order valence-corrected chi connectivity index (χ4v) is 6.60. The van der Waals surface area contributed by atoms with Crippen molar-refractivity contribution in [3.8, 4) is 28.3 Å². The van der Waals surface area contributed by atoms with Crippen LogP contribution in [-0.4, -0.2) is 81.9 Å². The fourth-order valence-electron chi connectivity index (χ4n) is 6.60. The van der Waals surface area contributed by atoms with E-state index in [2.05, 4.69) is 69.6 Å². The Labute approximate surface area is 294 Å². The van der Waals surface area contributed by atoms with Crippen molar-refractivity contribution >= 4 is 29.0 Å². The predicted molar refractivity (Wildman–Crippen MR) is 196 cm³/mol. The number of rotatable bonds is 5. The van der Waals surface area contributed by atoms with Crippen LogP contribution >= 0.6 is 0 Å². The summed E-state index contributed by atoms with van der Waals surface area (Å²) in [6.45, 7) is 17.9. The zero-order chi connectivity index (χ0) is 35.8. The summed E-state index contributed by atoms with van der Waals surface area (Å²) in [7, 11) is 0. The molecular formula is C39H48N8O3. The van der Waals surface area contributed by atoms with Crippen molar-refractivity contribution < 1.29 is 14.3 Å². The average molecular weight is 677 g/mol. The number of carbonyl (C=O) groups is 2. The molecule has 2 saturated heterocycles. The summed E-state index contributed by atoms with van der Waals surface area (Å²) >= 11 is 0. The number of piperidine rings is 1. The molecule has 0 saturated carbocycles. The third kappa shape index (κ3) is 7.54. The molecule has 0 unspecified atom stereocenters.